The third kappa shape index (κ3) is 5.25. The van der Waals surface area contributed by atoms with Crippen molar-refractivity contribution in [3.05, 3.63) is 0 Å². The molecule has 8 N–H and O–H groups in total. The average molecular weight is 228 g/mol. The van der Waals surface area contributed by atoms with Gasteiger partial charge in [0.2, 0.25) is 0 Å². The van der Waals surface area contributed by atoms with Crippen molar-refractivity contribution >= 4 is 0 Å². The summed E-state index contributed by atoms with van der Waals surface area (Å²) in [5, 5.41) is 0. The first-order valence-electron chi connectivity index (χ1n) is 6.62. The molecule has 1 saturated carbocycles. The van der Waals surface area contributed by atoms with Crippen LogP contribution < -0.4 is 22.9 Å². The lowest BCUT2D eigenvalue weighted by atomic mass is 9.92. The summed E-state index contributed by atoms with van der Waals surface area (Å²) in [6, 6.07) is 0.631. The zero-order chi connectivity index (χ0) is 12.0. The van der Waals surface area contributed by atoms with Crippen molar-refractivity contribution in [3.8, 4) is 0 Å². The minimum atomic E-state index is 0.0469. The Hall–Kier alpha value is -0.160. The maximum Gasteiger partial charge on any atom is 0.0207 e. The monoisotopic (exact) mass is 228 g/mol. The van der Waals surface area contributed by atoms with Gasteiger partial charge in [0, 0.05) is 24.2 Å². The summed E-state index contributed by atoms with van der Waals surface area (Å²) in [7, 11) is 0. The lowest BCUT2D eigenvalue weighted by molar-refractivity contribution is 0.380. The van der Waals surface area contributed by atoms with E-state index in [1.165, 1.54) is 12.8 Å². The SMILES string of the molecule is NC1CCCCC[C@@H](N)[C@@H](N)C[C@@H](N)CC1. The van der Waals surface area contributed by atoms with Crippen LogP contribution in [0.2, 0.25) is 0 Å². The third-order valence-corrected chi connectivity index (χ3v) is 3.65. The molecule has 0 heterocycles. The molecule has 0 saturated heterocycles. The smallest absolute Gasteiger partial charge is 0.0207 e. The zero-order valence-corrected chi connectivity index (χ0v) is 10.3. The van der Waals surface area contributed by atoms with Crippen LogP contribution in [0.1, 0.15) is 51.4 Å². The Morgan fingerprint density at radius 2 is 1.19 bits per heavy atom. The number of nitrogens with two attached hydrogens (primary N) is 4. The van der Waals surface area contributed by atoms with E-state index in [0.29, 0.717) is 6.04 Å². The van der Waals surface area contributed by atoms with Gasteiger partial charge in [-0.25, -0.2) is 0 Å². The van der Waals surface area contributed by atoms with Crippen LogP contribution in [-0.2, 0) is 0 Å². The second-order valence-corrected chi connectivity index (χ2v) is 5.30. The van der Waals surface area contributed by atoms with Gasteiger partial charge in [-0.1, -0.05) is 19.3 Å². The van der Waals surface area contributed by atoms with Crippen molar-refractivity contribution < 1.29 is 0 Å². The van der Waals surface area contributed by atoms with Crippen LogP contribution in [0.25, 0.3) is 0 Å². The predicted molar refractivity (Wildman–Crippen MR) is 68.8 cm³/mol. The van der Waals surface area contributed by atoms with Gasteiger partial charge >= 0.3 is 0 Å². The van der Waals surface area contributed by atoms with Crippen molar-refractivity contribution in [1.29, 1.82) is 0 Å². The third-order valence-electron chi connectivity index (χ3n) is 3.65. The normalized spacial score (nSPS) is 39.8. The van der Waals surface area contributed by atoms with Crippen LogP contribution in [-0.4, -0.2) is 24.2 Å². The molecule has 0 aromatic rings. The van der Waals surface area contributed by atoms with Gasteiger partial charge in [-0.2, -0.15) is 0 Å². The van der Waals surface area contributed by atoms with Gasteiger partial charge in [0.25, 0.3) is 0 Å². The molecule has 0 aromatic heterocycles. The summed E-state index contributed by atoms with van der Waals surface area (Å²) in [4.78, 5) is 0. The molecule has 0 aromatic carbocycles. The molecule has 0 amide bonds. The highest BCUT2D eigenvalue weighted by Gasteiger charge is 2.18. The average Bonchev–Trinajstić information content (AvgIpc) is 2.24. The van der Waals surface area contributed by atoms with Crippen molar-refractivity contribution in [3.63, 3.8) is 0 Å². The van der Waals surface area contributed by atoms with Gasteiger partial charge in [-0.05, 0) is 32.1 Å². The Morgan fingerprint density at radius 1 is 0.562 bits per heavy atom. The lowest BCUT2D eigenvalue weighted by Gasteiger charge is -2.25. The Morgan fingerprint density at radius 3 is 1.94 bits per heavy atom. The molecule has 4 nitrogen and oxygen atoms in total. The first kappa shape index (κ1) is 13.9. The summed E-state index contributed by atoms with van der Waals surface area (Å²) < 4.78 is 0. The fraction of sp³-hybridized carbons (Fsp3) is 1.00. The van der Waals surface area contributed by atoms with Crippen LogP contribution in [0, 0.1) is 0 Å². The topological polar surface area (TPSA) is 104 Å². The molecule has 16 heavy (non-hydrogen) atoms. The minimum Gasteiger partial charge on any atom is -0.328 e. The highest BCUT2D eigenvalue weighted by Crippen LogP contribution is 2.14. The Labute approximate surface area is 99.1 Å². The fourth-order valence-corrected chi connectivity index (χ4v) is 2.39. The van der Waals surface area contributed by atoms with Crippen molar-refractivity contribution in [1.82, 2.24) is 0 Å². The highest BCUT2D eigenvalue weighted by molar-refractivity contribution is 4.81. The second kappa shape index (κ2) is 7.22. The largest absolute Gasteiger partial charge is 0.328 e. The Kier molecular flexibility index (Phi) is 6.28. The molecule has 1 unspecified atom stereocenters. The van der Waals surface area contributed by atoms with Gasteiger partial charge < -0.3 is 22.9 Å². The molecule has 4 heteroatoms. The Balaban J connectivity index is 2.42. The summed E-state index contributed by atoms with van der Waals surface area (Å²) in [6.45, 7) is 0. The summed E-state index contributed by atoms with van der Waals surface area (Å²) in [5.41, 5.74) is 24.2. The van der Waals surface area contributed by atoms with Crippen molar-refractivity contribution in [2.24, 2.45) is 22.9 Å². The van der Waals surface area contributed by atoms with Gasteiger partial charge in [-0.3, -0.25) is 0 Å². The number of rotatable bonds is 0. The van der Waals surface area contributed by atoms with E-state index in [1.807, 2.05) is 0 Å². The van der Waals surface area contributed by atoms with E-state index in [1.54, 1.807) is 0 Å². The van der Waals surface area contributed by atoms with E-state index in [9.17, 15) is 0 Å². The van der Waals surface area contributed by atoms with Crippen LogP contribution in [0.4, 0.5) is 0 Å². The van der Waals surface area contributed by atoms with Gasteiger partial charge in [-0.15, -0.1) is 0 Å². The molecule has 1 fully saturated rings. The van der Waals surface area contributed by atoms with Crippen molar-refractivity contribution in [2.45, 2.75) is 75.5 Å². The number of hydrogen-bond donors (Lipinski definition) is 4. The molecule has 0 aliphatic heterocycles. The minimum absolute atomic E-state index is 0.0469. The molecule has 0 bridgehead atoms. The second-order valence-electron chi connectivity index (χ2n) is 5.30. The van der Waals surface area contributed by atoms with Crippen molar-refractivity contribution in [2.75, 3.05) is 0 Å². The van der Waals surface area contributed by atoms with Crippen LogP contribution in [0.15, 0.2) is 0 Å². The number of hydrogen-bond acceptors (Lipinski definition) is 4. The standard InChI is InChI=1S/C12H28N4/c13-9-4-2-1-3-5-11(15)12(16)8-10(14)7-6-9/h9-12H,1-8,13-16H2/t9?,10-,11+,12-/m0/s1. The van der Waals surface area contributed by atoms with Crippen LogP contribution >= 0.6 is 0 Å². The summed E-state index contributed by atoms with van der Waals surface area (Å²) >= 11 is 0. The van der Waals surface area contributed by atoms with Gasteiger partial charge in [0.1, 0.15) is 0 Å². The molecule has 1 aliphatic carbocycles. The molecular formula is C12H28N4. The van der Waals surface area contributed by atoms with E-state index >= 15 is 0 Å². The molecule has 4 atom stereocenters. The first-order chi connectivity index (χ1) is 7.59. The summed E-state index contributed by atoms with van der Waals surface area (Å²) in [6.07, 6.45) is 8.55. The molecule has 0 spiro atoms. The Bertz CT molecular complexity index is 186. The molecular weight excluding hydrogens is 200 g/mol. The van der Waals surface area contributed by atoms with E-state index in [4.69, 9.17) is 22.9 Å². The molecule has 96 valence electrons. The van der Waals surface area contributed by atoms with E-state index in [-0.39, 0.29) is 18.1 Å². The van der Waals surface area contributed by atoms with E-state index < -0.39 is 0 Å². The van der Waals surface area contributed by atoms with Crippen LogP contribution in [0.3, 0.4) is 0 Å². The quantitative estimate of drug-likeness (QED) is 0.482. The first-order valence-corrected chi connectivity index (χ1v) is 6.62. The van der Waals surface area contributed by atoms with Crippen LogP contribution in [0.5, 0.6) is 0 Å². The summed E-state index contributed by atoms with van der Waals surface area (Å²) in [5.74, 6) is 0. The fourth-order valence-electron chi connectivity index (χ4n) is 2.39. The predicted octanol–water partition coefficient (Wildman–Crippen LogP) is 0.430. The maximum atomic E-state index is 6.05. The molecule has 0 radical (unpaired) electrons. The molecule has 1 aliphatic rings. The van der Waals surface area contributed by atoms with Gasteiger partial charge in [0.15, 0.2) is 0 Å². The zero-order valence-electron chi connectivity index (χ0n) is 10.3. The molecule has 1 rings (SSSR count). The lowest BCUT2D eigenvalue weighted by Crippen LogP contribution is -2.45. The van der Waals surface area contributed by atoms with Gasteiger partial charge in [0.05, 0.1) is 0 Å². The van der Waals surface area contributed by atoms with E-state index in [0.717, 1.165) is 38.5 Å². The maximum absolute atomic E-state index is 6.05. The highest BCUT2D eigenvalue weighted by atomic mass is 14.8. The van der Waals surface area contributed by atoms with E-state index in [2.05, 4.69) is 0 Å².